The van der Waals surface area contributed by atoms with Crippen molar-refractivity contribution in [2.75, 3.05) is 6.61 Å². The fraction of sp³-hybridized carbons (Fsp3) is 0.600. The van der Waals surface area contributed by atoms with Crippen LogP contribution in [0.1, 0.15) is 12.8 Å². The molecule has 2 aliphatic rings. The molecular weight excluding hydrogens is 76.1 g/mol. The first-order valence-corrected chi connectivity index (χ1v) is 2.30. The molecule has 0 spiro atoms. The van der Waals surface area contributed by atoms with Crippen molar-refractivity contribution < 1.29 is 4.74 Å². The van der Waals surface area contributed by atoms with Crippen LogP contribution in [0.2, 0.25) is 0 Å². The third-order valence-corrected chi connectivity index (χ3v) is 1.18. The average molecular weight is 82.1 g/mol. The maximum absolute atomic E-state index is 4.91. The molecule has 0 aromatic carbocycles. The van der Waals surface area contributed by atoms with E-state index in [0.29, 0.717) is 0 Å². The van der Waals surface area contributed by atoms with Crippen molar-refractivity contribution in [1.29, 1.82) is 0 Å². The van der Waals surface area contributed by atoms with Crippen molar-refractivity contribution in [2.45, 2.75) is 12.8 Å². The molecule has 6 heavy (non-hydrogen) atoms. The molecule has 0 unspecified atom stereocenters. The molecule has 1 heterocycles. The van der Waals surface area contributed by atoms with Crippen LogP contribution >= 0.6 is 0 Å². The van der Waals surface area contributed by atoms with Crippen molar-refractivity contribution >= 4 is 0 Å². The lowest BCUT2D eigenvalue weighted by molar-refractivity contribution is 0.508. The van der Waals surface area contributed by atoms with Gasteiger partial charge in [-0.25, -0.2) is 0 Å². The number of ether oxygens (including phenoxy) is 1. The van der Waals surface area contributed by atoms with E-state index in [1.165, 1.54) is 18.6 Å². The van der Waals surface area contributed by atoms with Gasteiger partial charge in [0.15, 0.2) is 0 Å². The Hall–Kier alpha value is -0.460. The number of allylic oxidation sites excluding steroid dienone is 1. The van der Waals surface area contributed by atoms with Crippen molar-refractivity contribution in [3.05, 3.63) is 11.3 Å². The molecule has 2 fully saturated rings. The Labute approximate surface area is 36.6 Å². The highest BCUT2D eigenvalue weighted by atomic mass is 16.6. The standard InChI is InChI=1S/C5H6O/c1-2-4(1)5-3-6-5/h1-3H2. The summed E-state index contributed by atoms with van der Waals surface area (Å²) in [5.74, 6) is 1.29. The molecule has 1 aliphatic carbocycles. The lowest BCUT2D eigenvalue weighted by Crippen LogP contribution is -1.39. The van der Waals surface area contributed by atoms with E-state index in [9.17, 15) is 0 Å². The first-order valence-electron chi connectivity index (χ1n) is 2.30. The molecule has 0 N–H and O–H groups in total. The molecule has 1 saturated carbocycles. The van der Waals surface area contributed by atoms with Crippen LogP contribution in [0.25, 0.3) is 0 Å². The van der Waals surface area contributed by atoms with Gasteiger partial charge in [-0.1, -0.05) is 0 Å². The summed E-state index contributed by atoms with van der Waals surface area (Å²) in [5, 5.41) is 0. The normalized spacial score (nSPS) is 26.7. The molecule has 1 nitrogen and oxygen atoms in total. The third-order valence-electron chi connectivity index (χ3n) is 1.18. The Morgan fingerprint density at radius 3 is 2.17 bits per heavy atom. The van der Waals surface area contributed by atoms with Gasteiger partial charge in [-0.05, 0) is 18.4 Å². The minimum atomic E-state index is 0.940. The van der Waals surface area contributed by atoms with Gasteiger partial charge in [0.25, 0.3) is 0 Å². The second-order valence-electron chi connectivity index (χ2n) is 1.82. The fourth-order valence-electron chi connectivity index (χ4n) is 0.582. The fourth-order valence-corrected chi connectivity index (χ4v) is 0.582. The van der Waals surface area contributed by atoms with Gasteiger partial charge in [-0.2, -0.15) is 0 Å². The molecule has 1 aliphatic heterocycles. The monoisotopic (exact) mass is 82.0 g/mol. The molecule has 0 atom stereocenters. The van der Waals surface area contributed by atoms with Crippen LogP contribution in [0.3, 0.4) is 0 Å². The van der Waals surface area contributed by atoms with Gasteiger partial charge in [0.05, 0.1) is 0 Å². The zero-order valence-corrected chi connectivity index (χ0v) is 3.53. The van der Waals surface area contributed by atoms with Crippen LogP contribution in [0.4, 0.5) is 0 Å². The Bertz CT molecular complexity index is 87.1. The summed E-state index contributed by atoms with van der Waals surface area (Å²) in [5.41, 5.74) is 1.56. The summed E-state index contributed by atoms with van der Waals surface area (Å²) >= 11 is 0. The summed E-state index contributed by atoms with van der Waals surface area (Å²) in [6, 6.07) is 0. The minimum absolute atomic E-state index is 0.940. The quantitative estimate of drug-likeness (QED) is 0.398. The van der Waals surface area contributed by atoms with E-state index < -0.39 is 0 Å². The number of epoxide rings is 1. The summed E-state index contributed by atoms with van der Waals surface area (Å²) in [4.78, 5) is 0. The topological polar surface area (TPSA) is 12.5 Å². The maximum atomic E-state index is 4.91. The van der Waals surface area contributed by atoms with Crippen LogP contribution in [-0.4, -0.2) is 6.61 Å². The largest absolute Gasteiger partial charge is 0.486 e. The van der Waals surface area contributed by atoms with Gasteiger partial charge in [-0.15, -0.1) is 0 Å². The highest BCUT2D eigenvalue weighted by Gasteiger charge is 2.26. The number of hydrogen-bond acceptors (Lipinski definition) is 1. The van der Waals surface area contributed by atoms with E-state index >= 15 is 0 Å². The van der Waals surface area contributed by atoms with E-state index in [4.69, 9.17) is 4.74 Å². The highest BCUT2D eigenvalue weighted by Crippen LogP contribution is 2.37. The molecular formula is C5H6O. The lowest BCUT2D eigenvalue weighted by Gasteiger charge is -1.53. The van der Waals surface area contributed by atoms with Gasteiger partial charge in [0.1, 0.15) is 12.4 Å². The predicted octanol–water partition coefficient (Wildman–Crippen LogP) is 1.06. The highest BCUT2D eigenvalue weighted by molar-refractivity contribution is 5.26. The molecule has 32 valence electrons. The van der Waals surface area contributed by atoms with Gasteiger partial charge in [0, 0.05) is 0 Å². The average Bonchev–Trinajstić information content (AvgIpc) is 2.26. The van der Waals surface area contributed by atoms with Gasteiger partial charge in [-0.3, -0.25) is 0 Å². The van der Waals surface area contributed by atoms with E-state index in [1.807, 2.05) is 0 Å². The summed E-state index contributed by atoms with van der Waals surface area (Å²) in [7, 11) is 0. The van der Waals surface area contributed by atoms with Crippen molar-refractivity contribution in [3.8, 4) is 0 Å². The van der Waals surface area contributed by atoms with Crippen LogP contribution in [0.5, 0.6) is 0 Å². The van der Waals surface area contributed by atoms with Gasteiger partial charge in [0.2, 0.25) is 0 Å². The van der Waals surface area contributed by atoms with Gasteiger partial charge < -0.3 is 4.74 Å². The first kappa shape index (κ1) is 2.67. The second kappa shape index (κ2) is 0.625. The second-order valence-corrected chi connectivity index (χ2v) is 1.82. The van der Waals surface area contributed by atoms with Crippen LogP contribution in [0.15, 0.2) is 11.3 Å². The molecule has 2 rings (SSSR count). The van der Waals surface area contributed by atoms with E-state index in [1.54, 1.807) is 5.57 Å². The number of rotatable bonds is 0. The molecule has 0 amide bonds. The van der Waals surface area contributed by atoms with Crippen molar-refractivity contribution in [3.63, 3.8) is 0 Å². The van der Waals surface area contributed by atoms with Crippen molar-refractivity contribution in [1.82, 2.24) is 0 Å². The lowest BCUT2D eigenvalue weighted by atomic mass is 10.5. The zero-order valence-electron chi connectivity index (χ0n) is 3.53. The molecule has 0 radical (unpaired) electrons. The van der Waals surface area contributed by atoms with Gasteiger partial charge >= 0.3 is 0 Å². The molecule has 0 aromatic rings. The van der Waals surface area contributed by atoms with Crippen LogP contribution in [-0.2, 0) is 4.74 Å². The first-order chi connectivity index (χ1) is 2.97. The predicted molar refractivity (Wildman–Crippen MR) is 22.2 cm³/mol. The van der Waals surface area contributed by atoms with E-state index in [0.717, 1.165) is 6.61 Å². The SMILES string of the molecule is C1CC1=C1CO1. The smallest absolute Gasteiger partial charge is 0.145 e. The third kappa shape index (κ3) is 0.251. The van der Waals surface area contributed by atoms with E-state index in [2.05, 4.69) is 0 Å². The summed E-state index contributed by atoms with van der Waals surface area (Å²) < 4.78 is 4.91. The maximum Gasteiger partial charge on any atom is 0.145 e. The Balaban J connectivity index is 2.34. The zero-order chi connectivity index (χ0) is 3.98. The van der Waals surface area contributed by atoms with Crippen molar-refractivity contribution in [2.24, 2.45) is 0 Å². The summed E-state index contributed by atoms with van der Waals surface area (Å²) in [6.07, 6.45) is 2.63. The number of hydrogen-bond donors (Lipinski definition) is 0. The Kier molecular flexibility index (Phi) is 0.278. The molecule has 0 aromatic heterocycles. The summed E-state index contributed by atoms with van der Waals surface area (Å²) in [6.45, 7) is 0.940. The minimum Gasteiger partial charge on any atom is -0.486 e. The van der Waals surface area contributed by atoms with E-state index in [-0.39, 0.29) is 0 Å². The van der Waals surface area contributed by atoms with Crippen LogP contribution in [0, 0.1) is 0 Å². The Morgan fingerprint density at radius 2 is 2.00 bits per heavy atom. The molecule has 1 heteroatoms. The molecule has 0 bridgehead atoms. The Morgan fingerprint density at radius 1 is 1.33 bits per heavy atom. The molecule has 1 saturated heterocycles. The van der Waals surface area contributed by atoms with Crippen LogP contribution < -0.4 is 0 Å².